The Kier molecular flexibility index (Phi) is 5.27. The fourth-order valence-corrected chi connectivity index (χ4v) is 4.70. The summed E-state index contributed by atoms with van der Waals surface area (Å²) in [5.74, 6) is 0. The maximum Gasteiger partial charge on any atom is 0.130 e. The highest BCUT2D eigenvalue weighted by Gasteiger charge is 2.20. The second kappa shape index (κ2) is 6.96. The van der Waals surface area contributed by atoms with Crippen LogP contribution in [0, 0.1) is 0 Å². The van der Waals surface area contributed by atoms with Crippen LogP contribution in [0.5, 0.6) is 0 Å². The Bertz CT molecular complexity index is 511. The van der Waals surface area contributed by atoms with Gasteiger partial charge in [-0.2, -0.15) is 0 Å². The van der Waals surface area contributed by atoms with Crippen molar-refractivity contribution in [1.29, 1.82) is 0 Å². The average Bonchev–Trinajstić information content (AvgIpc) is 2.46. The Balaban J connectivity index is 2.55. The second-order valence-corrected chi connectivity index (χ2v) is 6.97. The summed E-state index contributed by atoms with van der Waals surface area (Å²) in [6, 6.07) is 20.6. The van der Waals surface area contributed by atoms with Gasteiger partial charge in [-0.1, -0.05) is 83.9 Å². The van der Waals surface area contributed by atoms with E-state index in [1.807, 2.05) is 43.4 Å². The molecule has 0 aliphatic heterocycles. The maximum absolute atomic E-state index is 6.04. The lowest BCUT2D eigenvalue weighted by Gasteiger charge is -2.21. The molecule has 4 heteroatoms. The molecule has 0 aliphatic rings. The first-order valence-corrected chi connectivity index (χ1v) is 7.97. The van der Waals surface area contributed by atoms with Crippen molar-refractivity contribution in [2.45, 2.75) is 0 Å². The van der Waals surface area contributed by atoms with Gasteiger partial charge in [-0.3, -0.25) is 0 Å². The molecule has 0 bridgehead atoms. The summed E-state index contributed by atoms with van der Waals surface area (Å²) in [5, 5.41) is 5.57. The summed E-state index contributed by atoms with van der Waals surface area (Å²) < 4.78 is 0.293. The Labute approximate surface area is 125 Å². The summed E-state index contributed by atoms with van der Waals surface area (Å²) in [7, 11) is 1.10. The summed E-state index contributed by atoms with van der Waals surface area (Å²) in [5.41, 5.74) is 0.871. The van der Waals surface area contributed by atoms with Crippen LogP contribution in [0.15, 0.2) is 70.6 Å². The fourth-order valence-electron chi connectivity index (χ4n) is 1.85. The lowest BCUT2D eigenvalue weighted by Crippen LogP contribution is -2.19. The van der Waals surface area contributed by atoms with Gasteiger partial charge in [-0.25, -0.2) is 0 Å². The van der Waals surface area contributed by atoms with Gasteiger partial charge in [0, 0.05) is 15.0 Å². The molecule has 0 heterocycles. The standard InChI is InChI=1S/C15H14Cl2NP/c1-18-15(14(16)17)19(12-8-4-2-5-9-12)13-10-6-3-7-11-13/h2-11,18H,1H3. The van der Waals surface area contributed by atoms with Crippen molar-refractivity contribution in [3.05, 3.63) is 70.6 Å². The van der Waals surface area contributed by atoms with Gasteiger partial charge < -0.3 is 5.32 Å². The summed E-state index contributed by atoms with van der Waals surface area (Å²) >= 11 is 12.1. The number of benzene rings is 2. The lowest BCUT2D eigenvalue weighted by atomic mass is 10.4. The molecule has 0 saturated carbocycles. The van der Waals surface area contributed by atoms with E-state index in [-0.39, 0.29) is 0 Å². The van der Waals surface area contributed by atoms with E-state index in [0.29, 0.717) is 4.49 Å². The van der Waals surface area contributed by atoms with Gasteiger partial charge in [0.25, 0.3) is 0 Å². The molecule has 0 aromatic heterocycles. The molecule has 0 aliphatic carbocycles. The molecule has 2 aromatic carbocycles. The zero-order valence-corrected chi connectivity index (χ0v) is 12.9. The zero-order valence-electron chi connectivity index (χ0n) is 10.5. The van der Waals surface area contributed by atoms with Gasteiger partial charge in [0.05, 0.1) is 5.44 Å². The number of hydrogen-bond donors (Lipinski definition) is 1. The molecule has 0 saturated heterocycles. The predicted molar refractivity (Wildman–Crippen MR) is 86.9 cm³/mol. The van der Waals surface area contributed by atoms with Crippen molar-refractivity contribution in [3.8, 4) is 0 Å². The molecule has 2 aromatic rings. The van der Waals surface area contributed by atoms with Crippen LogP contribution >= 0.6 is 31.1 Å². The van der Waals surface area contributed by atoms with E-state index in [9.17, 15) is 0 Å². The molecule has 2 rings (SSSR count). The Morgan fingerprint density at radius 2 is 1.26 bits per heavy atom. The molecule has 0 unspecified atom stereocenters. The predicted octanol–water partition coefficient (Wildman–Crippen LogP) is 3.94. The fraction of sp³-hybridized carbons (Fsp3) is 0.0667. The lowest BCUT2D eigenvalue weighted by molar-refractivity contribution is 1.08. The molecule has 1 nitrogen and oxygen atoms in total. The van der Waals surface area contributed by atoms with Crippen LogP contribution in [-0.2, 0) is 0 Å². The zero-order chi connectivity index (χ0) is 13.7. The van der Waals surface area contributed by atoms with E-state index < -0.39 is 7.92 Å². The van der Waals surface area contributed by atoms with E-state index in [1.54, 1.807) is 0 Å². The van der Waals surface area contributed by atoms with Crippen LogP contribution in [0.2, 0.25) is 0 Å². The third-order valence-electron chi connectivity index (χ3n) is 2.67. The van der Waals surface area contributed by atoms with E-state index in [0.717, 1.165) is 5.44 Å². The Morgan fingerprint density at radius 1 is 0.842 bits per heavy atom. The normalized spacial score (nSPS) is 10.3. The van der Waals surface area contributed by atoms with Gasteiger partial charge in [0.2, 0.25) is 0 Å². The average molecular weight is 310 g/mol. The van der Waals surface area contributed by atoms with Gasteiger partial charge >= 0.3 is 0 Å². The number of rotatable bonds is 4. The minimum Gasteiger partial charge on any atom is -0.385 e. The van der Waals surface area contributed by atoms with Crippen LogP contribution in [0.4, 0.5) is 0 Å². The number of halogens is 2. The summed E-state index contributed by atoms with van der Waals surface area (Å²) in [6.07, 6.45) is 0. The molecular weight excluding hydrogens is 296 g/mol. The third kappa shape index (κ3) is 3.51. The minimum atomic E-state index is -0.749. The molecule has 0 radical (unpaired) electrons. The van der Waals surface area contributed by atoms with Gasteiger partial charge in [0.15, 0.2) is 0 Å². The highest BCUT2D eigenvalue weighted by atomic mass is 35.5. The summed E-state index contributed by atoms with van der Waals surface area (Å²) in [6.45, 7) is 0. The Morgan fingerprint density at radius 3 is 1.58 bits per heavy atom. The summed E-state index contributed by atoms with van der Waals surface area (Å²) in [4.78, 5) is 0. The minimum absolute atomic E-state index is 0.293. The monoisotopic (exact) mass is 309 g/mol. The number of nitrogens with one attached hydrogen (secondary N) is 1. The van der Waals surface area contributed by atoms with Crippen molar-refractivity contribution in [2.24, 2.45) is 0 Å². The van der Waals surface area contributed by atoms with Crippen molar-refractivity contribution >= 4 is 41.7 Å². The number of hydrogen-bond acceptors (Lipinski definition) is 1. The van der Waals surface area contributed by atoms with Crippen LogP contribution < -0.4 is 15.9 Å². The van der Waals surface area contributed by atoms with Gasteiger partial charge in [-0.15, -0.1) is 0 Å². The molecule has 0 spiro atoms. The van der Waals surface area contributed by atoms with Crippen molar-refractivity contribution in [3.63, 3.8) is 0 Å². The molecule has 0 fully saturated rings. The first kappa shape index (κ1) is 14.4. The van der Waals surface area contributed by atoms with Crippen LogP contribution in [-0.4, -0.2) is 7.05 Å². The van der Waals surface area contributed by atoms with Gasteiger partial charge in [0.1, 0.15) is 4.49 Å². The largest absolute Gasteiger partial charge is 0.385 e. The van der Waals surface area contributed by atoms with Crippen molar-refractivity contribution in [2.75, 3.05) is 7.05 Å². The van der Waals surface area contributed by atoms with Gasteiger partial charge in [-0.05, 0) is 10.6 Å². The van der Waals surface area contributed by atoms with Crippen LogP contribution in [0.1, 0.15) is 0 Å². The van der Waals surface area contributed by atoms with E-state index >= 15 is 0 Å². The third-order valence-corrected chi connectivity index (χ3v) is 5.83. The first-order chi connectivity index (χ1) is 9.24. The van der Waals surface area contributed by atoms with Crippen molar-refractivity contribution in [1.82, 2.24) is 5.32 Å². The highest BCUT2D eigenvalue weighted by Crippen LogP contribution is 2.44. The molecular formula is C15H14Cl2NP. The van der Waals surface area contributed by atoms with E-state index in [4.69, 9.17) is 23.2 Å². The molecule has 1 N–H and O–H groups in total. The van der Waals surface area contributed by atoms with Crippen molar-refractivity contribution < 1.29 is 0 Å². The maximum atomic E-state index is 6.04. The molecule has 0 amide bonds. The molecule has 98 valence electrons. The Hall–Kier alpha value is -1.01. The molecule has 19 heavy (non-hydrogen) atoms. The quantitative estimate of drug-likeness (QED) is 0.843. The first-order valence-electron chi connectivity index (χ1n) is 5.87. The van der Waals surface area contributed by atoms with Crippen LogP contribution in [0.25, 0.3) is 0 Å². The molecule has 0 atom stereocenters. The van der Waals surface area contributed by atoms with Crippen LogP contribution in [0.3, 0.4) is 0 Å². The van der Waals surface area contributed by atoms with E-state index in [2.05, 4.69) is 29.6 Å². The topological polar surface area (TPSA) is 12.0 Å². The second-order valence-electron chi connectivity index (χ2n) is 3.87. The van der Waals surface area contributed by atoms with E-state index in [1.165, 1.54) is 10.6 Å². The SMILES string of the molecule is CNC(=C(Cl)Cl)P(c1ccccc1)c1ccccc1. The smallest absolute Gasteiger partial charge is 0.130 e. The highest BCUT2D eigenvalue weighted by molar-refractivity contribution is 7.76.